The molecule has 1 aliphatic heterocycles. The van der Waals surface area contributed by atoms with Crippen molar-refractivity contribution in [3.05, 3.63) is 28.8 Å². The van der Waals surface area contributed by atoms with Gasteiger partial charge in [0.25, 0.3) is 0 Å². The van der Waals surface area contributed by atoms with Gasteiger partial charge >= 0.3 is 7.12 Å². The third kappa shape index (κ3) is 1.49. The van der Waals surface area contributed by atoms with Crippen LogP contribution in [0.5, 0.6) is 0 Å². The molecule has 0 fully saturated rings. The summed E-state index contributed by atoms with van der Waals surface area (Å²) in [6.07, 6.45) is 3.22. The van der Waals surface area contributed by atoms with Crippen molar-refractivity contribution in [2.24, 2.45) is 0 Å². The first kappa shape index (κ1) is 10.6. The van der Waals surface area contributed by atoms with Crippen LogP contribution in [0.25, 0.3) is 0 Å². The molecule has 0 radical (unpaired) electrons. The van der Waals surface area contributed by atoms with Gasteiger partial charge in [-0.05, 0) is 53.2 Å². The molecule has 0 spiro atoms. The van der Waals surface area contributed by atoms with Crippen molar-refractivity contribution in [3.63, 3.8) is 0 Å². The van der Waals surface area contributed by atoms with Gasteiger partial charge in [0.15, 0.2) is 0 Å². The van der Waals surface area contributed by atoms with Crippen LogP contribution in [0.3, 0.4) is 0 Å². The number of hydrogen-bond donors (Lipinski definition) is 2. The summed E-state index contributed by atoms with van der Waals surface area (Å²) in [6, 6.07) is 4.22. The molecule has 3 nitrogen and oxygen atoms in total. The second kappa shape index (κ2) is 4.04. The molecule has 5 heteroatoms. The quantitative estimate of drug-likeness (QED) is 0.587. The largest absolute Gasteiger partial charge is 0.492 e. The average Bonchev–Trinajstić information content (AvgIpc) is 2.84. The van der Waals surface area contributed by atoms with E-state index in [9.17, 15) is 5.02 Å². The van der Waals surface area contributed by atoms with Crippen LogP contribution in [0.1, 0.15) is 29.2 Å². The number of fused-ring (bicyclic) bond motifs is 3. The predicted molar refractivity (Wildman–Crippen MR) is 63.8 cm³/mol. The van der Waals surface area contributed by atoms with Crippen LogP contribution in [-0.4, -0.2) is 18.7 Å². The van der Waals surface area contributed by atoms with Crippen molar-refractivity contribution >= 4 is 24.4 Å². The molecular weight excluding hydrogens is 224 g/mol. The molecule has 1 aliphatic carbocycles. The zero-order chi connectivity index (χ0) is 11.1. The van der Waals surface area contributed by atoms with Crippen LogP contribution in [0.4, 0.5) is 0 Å². The molecule has 0 amide bonds. The molecule has 1 heterocycles. The highest BCUT2D eigenvalue weighted by atomic mass is 35.5. The number of nitrogens with one attached hydrogen (secondary N) is 1. The number of halogens is 1. The van der Waals surface area contributed by atoms with Crippen LogP contribution in [0.2, 0.25) is 0 Å². The Morgan fingerprint density at radius 1 is 1.50 bits per heavy atom. The van der Waals surface area contributed by atoms with E-state index in [0.29, 0.717) is 6.54 Å². The summed E-state index contributed by atoms with van der Waals surface area (Å²) in [4.78, 5) is 2.57. The van der Waals surface area contributed by atoms with E-state index in [1.165, 1.54) is 17.5 Å². The van der Waals surface area contributed by atoms with Crippen molar-refractivity contribution < 1.29 is 9.68 Å². The van der Waals surface area contributed by atoms with Gasteiger partial charge in [-0.1, -0.05) is 12.1 Å². The average molecular weight is 237 g/mol. The summed E-state index contributed by atoms with van der Waals surface area (Å²) >= 11 is 5.50. The normalized spacial score (nSPS) is 22.4. The van der Waals surface area contributed by atoms with E-state index in [2.05, 4.69) is 17.0 Å². The molecule has 84 valence electrons. The Balaban J connectivity index is 2.06. The molecule has 3 rings (SSSR count). The van der Waals surface area contributed by atoms with Gasteiger partial charge < -0.3 is 9.68 Å². The van der Waals surface area contributed by atoms with Gasteiger partial charge in [0.2, 0.25) is 0 Å². The van der Waals surface area contributed by atoms with Crippen LogP contribution in [0, 0.1) is 0 Å². The fraction of sp³-hybridized carbons (Fsp3) is 0.455. The molecular formula is C11H13BClNO2. The van der Waals surface area contributed by atoms with Gasteiger partial charge in [-0.3, -0.25) is 0 Å². The second-order valence-corrected chi connectivity index (χ2v) is 4.64. The maximum absolute atomic E-state index is 9.95. The van der Waals surface area contributed by atoms with Gasteiger partial charge in [-0.2, -0.15) is 0 Å². The van der Waals surface area contributed by atoms with E-state index in [0.717, 1.165) is 23.9 Å². The molecule has 0 bridgehead atoms. The molecule has 16 heavy (non-hydrogen) atoms. The molecule has 1 aromatic carbocycles. The summed E-state index contributed by atoms with van der Waals surface area (Å²) in [5.41, 5.74) is 4.73. The summed E-state index contributed by atoms with van der Waals surface area (Å²) in [5, 5.41) is 9.95. The Morgan fingerprint density at radius 3 is 3.19 bits per heavy atom. The summed E-state index contributed by atoms with van der Waals surface area (Å²) in [7, 11) is -0.780. The Bertz CT molecular complexity index is 427. The van der Waals surface area contributed by atoms with Crippen LogP contribution >= 0.6 is 11.8 Å². The highest BCUT2D eigenvalue weighted by Crippen LogP contribution is 2.30. The Kier molecular flexibility index (Phi) is 2.68. The van der Waals surface area contributed by atoms with Gasteiger partial charge in [-0.15, -0.1) is 0 Å². The van der Waals surface area contributed by atoms with Crippen LogP contribution < -0.4 is 10.3 Å². The van der Waals surface area contributed by atoms with E-state index in [4.69, 9.17) is 16.4 Å². The summed E-state index contributed by atoms with van der Waals surface area (Å²) in [6.45, 7) is 0.518. The first-order chi connectivity index (χ1) is 7.81. The highest BCUT2D eigenvalue weighted by Gasteiger charge is 2.38. The van der Waals surface area contributed by atoms with Crippen LogP contribution in [-0.2, 0) is 17.5 Å². The van der Waals surface area contributed by atoms with E-state index in [-0.39, 0.29) is 6.10 Å². The summed E-state index contributed by atoms with van der Waals surface area (Å²) in [5.74, 6) is 0. The lowest BCUT2D eigenvalue weighted by Crippen LogP contribution is -2.31. The smallest absolute Gasteiger partial charge is 0.423 e. The lowest BCUT2D eigenvalue weighted by Gasteiger charge is -2.11. The molecule has 2 N–H and O–H groups in total. The molecule has 1 unspecified atom stereocenters. The minimum atomic E-state index is -0.780. The summed E-state index contributed by atoms with van der Waals surface area (Å²) < 4.78 is 5.51. The first-order valence-corrected chi connectivity index (χ1v) is 6.00. The van der Waals surface area contributed by atoms with Gasteiger partial charge in [0.05, 0.1) is 6.10 Å². The molecule has 2 aliphatic rings. The van der Waals surface area contributed by atoms with Gasteiger partial charge in [-0.25, -0.2) is 4.84 Å². The Labute approximate surface area is 100 Å². The van der Waals surface area contributed by atoms with Crippen molar-refractivity contribution in [3.8, 4) is 0 Å². The number of aryl methyl sites for hydroxylation is 1. The van der Waals surface area contributed by atoms with Crippen molar-refractivity contribution in [2.45, 2.75) is 25.4 Å². The molecule has 0 saturated carbocycles. The maximum Gasteiger partial charge on any atom is 0.492 e. The van der Waals surface area contributed by atoms with E-state index in [1.54, 1.807) is 0 Å². The monoisotopic (exact) mass is 237 g/mol. The minimum Gasteiger partial charge on any atom is -0.423 e. The fourth-order valence-corrected chi connectivity index (χ4v) is 2.95. The van der Waals surface area contributed by atoms with Crippen LogP contribution in [0.15, 0.2) is 12.1 Å². The molecule has 0 aromatic heterocycles. The number of hydrogen-bond acceptors (Lipinski definition) is 3. The predicted octanol–water partition coefficient (Wildman–Crippen LogP) is 0.677. The van der Waals surface area contributed by atoms with Gasteiger partial charge in [0, 0.05) is 6.54 Å². The highest BCUT2D eigenvalue weighted by molar-refractivity contribution is 6.62. The minimum absolute atomic E-state index is 0.131. The fourth-order valence-electron chi connectivity index (χ4n) is 2.81. The lowest BCUT2D eigenvalue weighted by atomic mass is 9.75. The third-order valence-electron chi connectivity index (χ3n) is 3.51. The first-order valence-electron chi connectivity index (χ1n) is 5.63. The van der Waals surface area contributed by atoms with Gasteiger partial charge in [0.1, 0.15) is 0 Å². The number of rotatable bonds is 2. The SMILES string of the molecule is OB1OC(CNCl)c2ccc3c(c21)CCC3. The molecule has 0 saturated heterocycles. The van der Waals surface area contributed by atoms with E-state index < -0.39 is 7.12 Å². The van der Waals surface area contributed by atoms with E-state index >= 15 is 0 Å². The molecule has 1 atom stereocenters. The Morgan fingerprint density at radius 2 is 2.38 bits per heavy atom. The zero-order valence-corrected chi connectivity index (χ0v) is 9.63. The Hall–Kier alpha value is -0.545. The standard InChI is InChI=1S/C11H13BClNO2/c13-14-6-10-9-5-4-7-2-1-3-8(7)11(9)12(15)16-10/h4-5,10,14-15H,1-3,6H2. The van der Waals surface area contributed by atoms with E-state index in [1.807, 2.05) is 0 Å². The third-order valence-corrected chi connectivity index (χ3v) is 3.66. The lowest BCUT2D eigenvalue weighted by molar-refractivity contribution is 0.194. The second-order valence-electron chi connectivity index (χ2n) is 4.37. The van der Waals surface area contributed by atoms with Crippen molar-refractivity contribution in [2.75, 3.05) is 6.54 Å². The number of benzene rings is 1. The zero-order valence-electron chi connectivity index (χ0n) is 8.87. The topological polar surface area (TPSA) is 41.5 Å². The van der Waals surface area contributed by atoms with Crippen molar-refractivity contribution in [1.82, 2.24) is 4.84 Å². The maximum atomic E-state index is 9.95. The van der Waals surface area contributed by atoms with Crippen molar-refractivity contribution in [1.29, 1.82) is 0 Å². The molecule has 1 aromatic rings.